The molecular weight excluding hydrogens is 312 g/mol. The number of nitrogens with one attached hydrogen (secondary N) is 1. The summed E-state index contributed by atoms with van der Waals surface area (Å²) in [4.78, 5) is 49.5. The maximum atomic E-state index is 12.6. The fourth-order valence-electron chi connectivity index (χ4n) is 2.21. The average molecular weight is 330 g/mol. The number of carbonyl (C=O) groups excluding carboxylic acids is 4. The molecule has 0 aromatic heterocycles. The number of amides is 3. The minimum absolute atomic E-state index is 0.346. The van der Waals surface area contributed by atoms with E-state index in [2.05, 4.69) is 5.32 Å². The molecule has 2 rings (SSSR count). The lowest BCUT2D eigenvalue weighted by atomic mass is 10.1. The van der Waals surface area contributed by atoms with Crippen LogP contribution < -0.4 is 10.2 Å². The quantitative estimate of drug-likeness (QED) is 0.299. The summed E-state index contributed by atoms with van der Waals surface area (Å²) in [5.41, 5.74) is 0.486. The molecule has 1 heterocycles. The maximum absolute atomic E-state index is 12.6. The molecule has 0 spiro atoms. The average Bonchev–Trinajstić information content (AvgIpc) is 2.74. The second-order valence-corrected chi connectivity index (χ2v) is 5.67. The zero-order valence-electron chi connectivity index (χ0n) is 13.9. The lowest BCUT2D eigenvalue weighted by Crippen LogP contribution is -2.30. The number of hydrogen-bond donors (Lipinski definition) is 1. The van der Waals surface area contributed by atoms with Crippen LogP contribution >= 0.6 is 0 Å². The number of rotatable bonds is 4. The molecule has 126 valence electrons. The van der Waals surface area contributed by atoms with E-state index in [1.165, 1.54) is 0 Å². The molecule has 1 aromatic carbocycles. The SMILES string of the molecule is CC(=O)C(C(=O)OC(C)C)=C1NC(=O)N(c2ccc(C)cc2)C1=O. The molecule has 3 amide bonds. The number of hydrogen-bond acceptors (Lipinski definition) is 5. The predicted octanol–water partition coefficient (Wildman–Crippen LogP) is 1.85. The van der Waals surface area contributed by atoms with Crippen LogP contribution in [0.1, 0.15) is 26.3 Å². The highest BCUT2D eigenvalue weighted by atomic mass is 16.5. The van der Waals surface area contributed by atoms with Crippen molar-refractivity contribution < 1.29 is 23.9 Å². The van der Waals surface area contributed by atoms with Crippen LogP contribution in [-0.2, 0) is 19.1 Å². The van der Waals surface area contributed by atoms with Crippen molar-refractivity contribution >= 4 is 29.4 Å². The zero-order chi connectivity index (χ0) is 18.0. The first kappa shape index (κ1) is 17.4. The van der Waals surface area contributed by atoms with Crippen LogP contribution in [0.3, 0.4) is 0 Å². The van der Waals surface area contributed by atoms with Crippen molar-refractivity contribution in [3.05, 3.63) is 41.1 Å². The molecule has 1 aliphatic heterocycles. The van der Waals surface area contributed by atoms with Gasteiger partial charge in [-0.05, 0) is 39.8 Å². The Labute approximate surface area is 139 Å². The monoisotopic (exact) mass is 330 g/mol. The largest absolute Gasteiger partial charge is 0.459 e. The van der Waals surface area contributed by atoms with Crippen molar-refractivity contribution in [1.29, 1.82) is 0 Å². The first-order valence-corrected chi connectivity index (χ1v) is 7.40. The van der Waals surface area contributed by atoms with E-state index in [9.17, 15) is 19.2 Å². The van der Waals surface area contributed by atoms with Crippen LogP contribution in [0, 0.1) is 6.92 Å². The van der Waals surface area contributed by atoms with Gasteiger partial charge in [-0.15, -0.1) is 0 Å². The number of benzene rings is 1. The highest BCUT2D eigenvalue weighted by Crippen LogP contribution is 2.23. The highest BCUT2D eigenvalue weighted by Gasteiger charge is 2.40. The number of urea groups is 1. The molecule has 1 aliphatic rings. The fraction of sp³-hybridized carbons (Fsp3) is 0.294. The van der Waals surface area contributed by atoms with E-state index >= 15 is 0 Å². The molecule has 1 fully saturated rings. The van der Waals surface area contributed by atoms with Crippen molar-refractivity contribution in [3.63, 3.8) is 0 Å². The predicted molar refractivity (Wildman–Crippen MR) is 86.1 cm³/mol. The lowest BCUT2D eigenvalue weighted by molar-refractivity contribution is -0.144. The summed E-state index contributed by atoms with van der Waals surface area (Å²) in [6.45, 7) is 6.25. The molecule has 7 heteroatoms. The molecule has 1 aromatic rings. The number of imide groups is 1. The van der Waals surface area contributed by atoms with Gasteiger partial charge < -0.3 is 10.1 Å². The van der Waals surface area contributed by atoms with Gasteiger partial charge in [-0.1, -0.05) is 17.7 Å². The van der Waals surface area contributed by atoms with Crippen molar-refractivity contribution in [2.24, 2.45) is 0 Å². The third kappa shape index (κ3) is 3.34. The molecule has 24 heavy (non-hydrogen) atoms. The smallest absolute Gasteiger partial charge is 0.344 e. The van der Waals surface area contributed by atoms with Crippen LogP contribution in [0.2, 0.25) is 0 Å². The Kier molecular flexibility index (Phi) is 4.82. The van der Waals surface area contributed by atoms with Crippen LogP contribution in [0.25, 0.3) is 0 Å². The van der Waals surface area contributed by atoms with E-state index < -0.39 is 35.4 Å². The molecule has 0 unspecified atom stereocenters. The fourth-order valence-corrected chi connectivity index (χ4v) is 2.21. The number of esters is 1. The minimum Gasteiger partial charge on any atom is -0.459 e. The van der Waals surface area contributed by atoms with E-state index in [4.69, 9.17) is 4.74 Å². The van der Waals surface area contributed by atoms with Gasteiger partial charge in [0, 0.05) is 0 Å². The molecule has 0 radical (unpaired) electrons. The van der Waals surface area contributed by atoms with Gasteiger partial charge in [-0.2, -0.15) is 0 Å². The Bertz CT molecular complexity index is 747. The first-order valence-electron chi connectivity index (χ1n) is 7.40. The summed E-state index contributed by atoms with van der Waals surface area (Å²) in [5.74, 6) is -2.36. The minimum atomic E-state index is -0.938. The van der Waals surface area contributed by atoms with E-state index in [1.54, 1.807) is 38.1 Å². The maximum Gasteiger partial charge on any atom is 0.344 e. The van der Waals surface area contributed by atoms with Gasteiger partial charge >= 0.3 is 12.0 Å². The standard InChI is InChI=1S/C17H18N2O5/c1-9(2)24-16(22)13(11(4)20)14-15(21)19(17(23)18-14)12-7-5-10(3)6-8-12/h5-9H,1-4H3,(H,18,23). The van der Waals surface area contributed by atoms with Gasteiger partial charge in [-0.3, -0.25) is 9.59 Å². The summed E-state index contributed by atoms with van der Waals surface area (Å²) in [6.07, 6.45) is -0.465. The Morgan fingerprint density at radius 2 is 1.71 bits per heavy atom. The molecule has 0 saturated carbocycles. The molecule has 1 saturated heterocycles. The number of nitrogens with zero attached hydrogens (tertiary/aromatic N) is 1. The van der Waals surface area contributed by atoms with Crippen molar-refractivity contribution in [3.8, 4) is 0 Å². The van der Waals surface area contributed by atoms with Crippen LogP contribution in [0.4, 0.5) is 10.5 Å². The van der Waals surface area contributed by atoms with E-state index in [0.29, 0.717) is 5.69 Å². The van der Waals surface area contributed by atoms with Gasteiger partial charge in [0.15, 0.2) is 5.78 Å². The first-order chi connectivity index (χ1) is 11.2. The van der Waals surface area contributed by atoms with Gasteiger partial charge in [0.2, 0.25) is 0 Å². The number of ether oxygens (including phenoxy) is 1. The van der Waals surface area contributed by atoms with Crippen molar-refractivity contribution in [1.82, 2.24) is 5.32 Å². The van der Waals surface area contributed by atoms with Crippen LogP contribution in [0.5, 0.6) is 0 Å². The summed E-state index contributed by atoms with van der Waals surface area (Å²) in [5, 5.41) is 2.30. The number of ketones is 1. The lowest BCUT2D eigenvalue weighted by Gasteiger charge is -2.12. The molecule has 1 N–H and O–H groups in total. The van der Waals surface area contributed by atoms with Gasteiger partial charge in [0.05, 0.1) is 11.8 Å². The van der Waals surface area contributed by atoms with E-state index in [1.807, 2.05) is 6.92 Å². The molecule has 0 atom stereocenters. The Morgan fingerprint density at radius 3 is 2.21 bits per heavy atom. The van der Waals surface area contributed by atoms with Crippen LogP contribution in [0.15, 0.2) is 35.5 Å². The number of Topliss-reactive ketones (excluding diaryl/α,β-unsaturated/α-hetero) is 1. The van der Waals surface area contributed by atoms with Gasteiger partial charge in [-0.25, -0.2) is 14.5 Å². The molecule has 7 nitrogen and oxygen atoms in total. The number of anilines is 1. The summed E-state index contributed by atoms with van der Waals surface area (Å²) < 4.78 is 4.99. The van der Waals surface area contributed by atoms with Gasteiger partial charge in [0.25, 0.3) is 5.91 Å². The third-order valence-corrected chi connectivity index (χ3v) is 3.29. The van der Waals surface area contributed by atoms with E-state index in [-0.39, 0.29) is 5.70 Å². The topological polar surface area (TPSA) is 92.8 Å². The highest BCUT2D eigenvalue weighted by molar-refractivity contribution is 6.32. The Balaban J connectivity index is 2.45. The Morgan fingerprint density at radius 1 is 1.12 bits per heavy atom. The van der Waals surface area contributed by atoms with Crippen LogP contribution in [-0.4, -0.2) is 29.8 Å². The zero-order valence-corrected chi connectivity index (χ0v) is 13.9. The second-order valence-electron chi connectivity index (χ2n) is 5.67. The van der Waals surface area contributed by atoms with Crippen molar-refractivity contribution in [2.75, 3.05) is 4.90 Å². The summed E-state index contributed by atoms with van der Waals surface area (Å²) in [6, 6.07) is 5.98. The van der Waals surface area contributed by atoms with E-state index in [0.717, 1.165) is 17.4 Å². The molecular formula is C17H18N2O5. The second kappa shape index (κ2) is 6.66. The molecule has 0 aliphatic carbocycles. The van der Waals surface area contributed by atoms with Crippen molar-refractivity contribution in [2.45, 2.75) is 33.8 Å². The number of aryl methyl sites for hydroxylation is 1. The molecule has 0 bridgehead atoms. The summed E-state index contributed by atoms with van der Waals surface area (Å²) in [7, 11) is 0. The Hall–Kier alpha value is -2.96. The van der Waals surface area contributed by atoms with Gasteiger partial charge in [0.1, 0.15) is 11.3 Å². The third-order valence-electron chi connectivity index (χ3n) is 3.29. The number of carbonyl (C=O) groups is 4. The summed E-state index contributed by atoms with van der Waals surface area (Å²) >= 11 is 0. The normalized spacial score (nSPS) is 16.3.